The van der Waals surface area contributed by atoms with Crippen molar-refractivity contribution in [2.24, 2.45) is 12.8 Å². The van der Waals surface area contributed by atoms with E-state index >= 15 is 0 Å². The molecule has 1 heterocycles. The number of primary amides is 1. The van der Waals surface area contributed by atoms with Crippen molar-refractivity contribution in [2.75, 3.05) is 10.6 Å². The Morgan fingerprint density at radius 3 is 2.10 bits per heavy atom. The Balaban J connectivity index is 1.70. The van der Waals surface area contributed by atoms with Gasteiger partial charge in [-0.2, -0.15) is 13.2 Å². The van der Waals surface area contributed by atoms with Gasteiger partial charge in [-0.1, -0.05) is 6.07 Å². The number of benzene rings is 2. The van der Waals surface area contributed by atoms with Crippen LogP contribution in [0.3, 0.4) is 0 Å². The van der Waals surface area contributed by atoms with E-state index in [1.54, 1.807) is 0 Å². The molecule has 3 amide bonds. The van der Waals surface area contributed by atoms with E-state index in [1.165, 1.54) is 48.3 Å². The van der Waals surface area contributed by atoms with E-state index in [4.69, 9.17) is 5.73 Å². The maximum atomic E-state index is 12.8. The molecule has 0 unspecified atom stereocenters. The van der Waals surface area contributed by atoms with E-state index in [0.29, 0.717) is 11.4 Å². The second-order valence-corrected chi connectivity index (χ2v) is 6.48. The van der Waals surface area contributed by atoms with Crippen LogP contribution in [0.5, 0.6) is 0 Å². The molecule has 0 saturated heterocycles. The molecular formula is C20H16F3N5O3. The number of nitrogens with zero attached hydrogens (tertiary/aromatic N) is 2. The van der Waals surface area contributed by atoms with Gasteiger partial charge in [0, 0.05) is 24.0 Å². The lowest BCUT2D eigenvalue weighted by molar-refractivity contribution is -0.137. The first-order valence-corrected chi connectivity index (χ1v) is 8.77. The fraction of sp³-hybridized carbons (Fsp3) is 0.100. The van der Waals surface area contributed by atoms with Crippen molar-refractivity contribution >= 4 is 29.1 Å². The molecule has 0 spiro atoms. The Labute approximate surface area is 173 Å². The molecule has 31 heavy (non-hydrogen) atoms. The Bertz CT molecular complexity index is 1150. The Kier molecular flexibility index (Phi) is 5.77. The van der Waals surface area contributed by atoms with E-state index in [2.05, 4.69) is 15.6 Å². The van der Waals surface area contributed by atoms with Crippen molar-refractivity contribution in [1.82, 2.24) is 9.55 Å². The van der Waals surface area contributed by atoms with Gasteiger partial charge >= 0.3 is 6.18 Å². The first kappa shape index (κ1) is 21.6. The summed E-state index contributed by atoms with van der Waals surface area (Å²) in [6, 6.07) is 9.91. The summed E-state index contributed by atoms with van der Waals surface area (Å²) in [4.78, 5) is 39.9. The van der Waals surface area contributed by atoms with Gasteiger partial charge in [0.15, 0.2) is 5.69 Å². The van der Waals surface area contributed by atoms with Crippen molar-refractivity contribution in [2.45, 2.75) is 6.18 Å². The van der Waals surface area contributed by atoms with Gasteiger partial charge < -0.3 is 20.9 Å². The number of aryl methyl sites for hydroxylation is 1. The van der Waals surface area contributed by atoms with Crippen LogP contribution in [-0.2, 0) is 13.2 Å². The largest absolute Gasteiger partial charge is 0.416 e. The zero-order chi connectivity index (χ0) is 22.8. The van der Waals surface area contributed by atoms with Gasteiger partial charge in [-0.15, -0.1) is 0 Å². The molecule has 0 aliphatic carbocycles. The van der Waals surface area contributed by atoms with Gasteiger partial charge in [-0.3, -0.25) is 14.4 Å². The zero-order valence-electron chi connectivity index (χ0n) is 16.0. The van der Waals surface area contributed by atoms with Gasteiger partial charge in [0.05, 0.1) is 11.9 Å². The minimum Gasteiger partial charge on any atom is -0.364 e. The fourth-order valence-electron chi connectivity index (χ4n) is 2.75. The van der Waals surface area contributed by atoms with Crippen molar-refractivity contribution in [3.63, 3.8) is 0 Å². The number of hydrogen-bond acceptors (Lipinski definition) is 4. The topological polar surface area (TPSA) is 119 Å². The van der Waals surface area contributed by atoms with E-state index < -0.39 is 29.5 Å². The lowest BCUT2D eigenvalue weighted by Gasteiger charge is -2.10. The molecule has 160 valence electrons. The Morgan fingerprint density at radius 1 is 0.968 bits per heavy atom. The molecule has 0 aliphatic heterocycles. The van der Waals surface area contributed by atoms with Crippen molar-refractivity contribution < 1.29 is 27.6 Å². The summed E-state index contributed by atoms with van der Waals surface area (Å²) in [6.45, 7) is 0. The number of carbonyl (C=O) groups excluding carboxylic acids is 3. The Morgan fingerprint density at radius 2 is 1.55 bits per heavy atom. The molecule has 0 saturated carbocycles. The van der Waals surface area contributed by atoms with E-state index in [9.17, 15) is 27.6 Å². The van der Waals surface area contributed by atoms with Gasteiger partial charge in [0.2, 0.25) is 0 Å². The summed E-state index contributed by atoms with van der Waals surface area (Å²) in [5, 5.41) is 5.06. The molecular weight excluding hydrogens is 415 g/mol. The first-order chi connectivity index (χ1) is 14.6. The number of anilines is 2. The molecule has 0 fully saturated rings. The van der Waals surface area contributed by atoms with Crippen LogP contribution >= 0.6 is 0 Å². The normalized spacial score (nSPS) is 11.1. The number of nitrogens with two attached hydrogens (primary N) is 1. The summed E-state index contributed by atoms with van der Waals surface area (Å²) < 4.78 is 39.8. The highest BCUT2D eigenvalue weighted by molar-refractivity contribution is 6.10. The number of rotatable bonds is 5. The van der Waals surface area contributed by atoms with Crippen LogP contribution in [0.2, 0.25) is 0 Å². The van der Waals surface area contributed by atoms with Crippen LogP contribution in [-0.4, -0.2) is 27.3 Å². The molecule has 11 heteroatoms. The number of carbonyl (C=O) groups is 3. The number of aromatic nitrogens is 2. The van der Waals surface area contributed by atoms with Crippen LogP contribution in [0, 0.1) is 0 Å². The Hall–Kier alpha value is -4.15. The number of imidazole rings is 1. The highest BCUT2D eigenvalue weighted by atomic mass is 19.4. The molecule has 3 aromatic rings. The molecule has 0 radical (unpaired) electrons. The highest BCUT2D eigenvalue weighted by Crippen LogP contribution is 2.29. The first-order valence-electron chi connectivity index (χ1n) is 8.77. The van der Waals surface area contributed by atoms with Crippen LogP contribution in [0.15, 0.2) is 54.9 Å². The van der Waals surface area contributed by atoms with Crippen molar-refractivity contribution in [1.29, 1.82) is 0 Å². The van der Waals surface area contributed by atoms with Crippen LogP contribution in [0.25, 0.3) is 0 Å². The van der Waals surface area contributed by atoms with Crippen LogP contribution in [0.4, 0.5) is 24.5 Å². The highest BCUT2D eigenvalue weighted by Gasteiger charge is 2.30. The number of nitrogens with one attached hydrogen (secondary N) is 2. The maximum Gasteiger partial charge on any atom is 0.416 e. The average molecular weight is 431 g/mol. The molecule has 3 rings (SSSR count). The molecule has 0 aliphatic rings. The van der Waals surface area contributed by atoms with Crippen LogP contribution in [0.1, 0.15) is 36.9 Å². The number of amides is 3. The summed E-state index contributed by atoms with van der Waals surface area (Å²) in [5.74, 6) is -2.18. The standard InChI is InChI=1S/C20H16F3N5O3/c1-28-10-25-15(17(24)29)16(28)19(31)27-14-7-5-13(6-8-14)26-18(30)11-3-2-4-12(9-11)20(21,22)23/h2-10H,1H3,(H2,24,29)(H,26,30)(H,27,31). The number of hydrogen-bond donors (Lipinski definition) is 3. The second kappa shape index (κ2) is 8.30. The van der Waals surface area contributed by atoms with E-state index in [-0.39, 0.29) is 17.0 Å². The molecule has 0 bridgehead atoms. The quantitative estimate of drug-likeness (QED) is 0.575. The van der Waals surface area contributed by atoms with Gasteiger partial charge in [0.1, 0.15) is 5.69 Å². The van der Waals surface area contributed by atoms with E-state index in [0.717, 1.165) is 18.2 Å². The van der Waals surface area contributed by atoms with Crippen LogP contribution < -0.4 is 16.4 Å². The van der Waals surface area contributed by atoms with E-state index in [1.807, 2.05) is 0 Å². The summed E-state index contributed by atoms with van der Waals surface area (Å²) in [6.07, 6.45) is -3.28. The lowest BCUT2D eigenvalue weighted by atomic mass is 10.1. The average Bonchev–Trinajstić information content (AvgIpc) is 3.11. The smallest absolute Gasteiger partial charge is 0.364 e. The fourth-order valence-corrected chi connectivity index (χ4v) is 2.75. The third-order valence-electron chi connectivity index (χ3n) is 4.24. The van der Waals surface area contributed by atoms with Gasteiger partial charge in [-0.25, -0.2) is 4.98 Å². The summed E-state index contributed by atoms with van der Waals surface area (Å²) in [7, 11) is 1.53. The molecule has 1 aromatic heterocycles. The SMILES string of the molecule is Cn1cnc(C(N)=O)c1C(=O)Nc1ccc(NC(=O)c2cccc(C(F)(F)F)c2)cc1. The monoisotopic (exact) mass is 431 g/mol. The third kappa shape index (κ3) is 4.89. The minimum absolute atomic E-state index is 0.0191. The van der Waals surface area contributed by atoms with Gasteiger partial charge in [0.25, 0.3) is 17.7 Å². The second-order valence-electron chi connectivity index (χ2n) is 6.48. The summed E-state index contributed by atoms with van der Waals surface area (Å²) >= 11 is 0. The van der Waals surface area contributed by atoms with Gasteiger partial charge in [-0.05, 0) is 42.5 Å². The van der Waals surface area contributed by atoms with Crippen molar-refractivity contribution in [3.8, 4) is 0 Å². The number of alkyl halides is 3. The predicted molar refractivity (Wildman–Crippen MR) is 106 cm³/mol. The van der Waals surface area contributed by atoms with Crippen molar-refractivity contribution in [3.05, 3.63) is 77.4 Å². The molecule has 0 atom stereocenters. The number of halogens is 3. The lowest BCUT2D eigenvalue weighted by Crippen LogP contribution is -2.22. The zero-order valence-corrected chi connectivity index (χ0v) is 16.0. The third-order valence-corrected chi connectivity index (χ3v) is 4.24. The molecule has 4 N–H and O–H groups in total. The minimum atomic E-state index is -4.56. The molecule has 8 nitrogen and oxygen atoms in total. The predicted octanol–water partition coefficient (Wildman–Crippen LogP) is 3.04. The molecule has 2 aromatic carbocycles. The maximum absolute atomic E-state index is 12.8. The summed E-state index contributed by atoms with van der Waals surface area (Å²) in [5.41, 5.74) is 4.59.